The molecule has 0 radical (unpaired) electrons. The number of rotatable bonds is 3. The third kappa shape index (κ3) is 4.43. The molecule has 0 atom stereocenters. The highest BCUT2D eigenvalue weighted by Crippen LogP contribution is 2.37. The molecule has 156 valence electrons. The lowest BCUT2D eigenvalue weighted by Gasteiger charge is -2.27. The van der Waals surface area contributed by atoms with Gasteiger partial charge < -0.3 is 10.2 Å². The summed E-state index contributed by atoms with van der Waals surface area (Å²) >= 11 is 8.29. The molecule has 4 nitrogen and oxygen atoms in total. The molecule has 1 amide bonds. The molecule has 2 aromatic heterocycles. The fraction of sp³-hybridized carbons (Fsp3) is 0.333. The molecule has 1 aliphatic rings. The van der Waals surface area contributed by atoms with Gasteiger partial charge >= 0.3 is 0 Å². The van der Waals surface area contributed by atoms with E-state index in [0.29, 0.717) is 10.6 Å². The first-order valence-corrected chi connectivity index (χ1v) is 11.4. The van der Waals surface area contributed by atoms with Crippen LogP contribution in [-0.4, -0.2) is 42.0 Å². The minimum atomic E-state index is 0.00615. The van der Waals surface area contributed by atoms with Crippen LogP contribution >= 0.6 is 22.9 Å². The summed E-state index contributed by atoms with van der Waals surface area (Å²) in [6.45, 7) is 9.64. The van der Waals surface area contributed by atoms with Gasteiger partial charge in [0.15, 0.2) is 0 Å². The molecule has 3 aromatic rings. The SMILES string of the molecule is CC(C)(C)c1cc(-c2cc(-c3ccc(C(=O)N4CCNCC4)cc3Cl)cs2)ccn1. The van der Waals surface area contributed by atoms with Gasteiger partial charge in [0.1, 0.15) is 0 Å². The van der Waals surface area contributed by atoms with Crippen LogP contribution in [-0.2, 0) is 5.41 Å². The van der Waals surface area contributed by atoms with E-state index in [1.54, 1.807) is 17.4 Å². The molecule has 4 rings (SSSR count). The minimum Gasteiger partial charge on any atom is -0.336 e. The van der Waals surface area contributed by atoms with Gasteiger partial charge in [0.2, 0.25) is 0 Å². The molecular weight excluding hydrogens is 414 g/mol. The molecule has 0 saturated carbocycles. The maximum Gasteiger partial charge on any atom is 0.253 e. The Labute approximate surface area is 186 Å². The van der Waals surface area contributed by atoms with Crippen molar-refractivity contribution in [3.05, 3.63) is 64.3 Å². The predicted molar refractivity (Wildman–Crippen MR) is 125 cm³/mol. The molecule has 6 heteroatoms. The Kier molecular flexibility index (Phi) is 5.96. The Morgan fingerprint density at radius 3 is 2.57 bits per heavy atom. The van der Waals surface area contributed by atoms with Crippen LogP contribution in [0, 0.1) is 0 Å². The average molecular weight is 440 g/mol. The Morgan fingerprint density at radius 2 is 1.87 bits per heavy atom. The second-order valence-corrected chi connectivity index (χ2v) is 9.93. The van der Waals surface area contributed by atoms with Crippen molar-refractivity contribution in [3.63, 3.8) is 0 Å². The number of nitrogens with zero attached hydrogens (tertiary/aromatic N) is 2. The zero-order chi connectivity index (χ0) is 21.3. The quantitative estimate of drug-likeness (QED) is 0.588. The summed E-state index contributed by atoms with van der Waals surface area (Å²) in [5, 5.41) is 5.99. The van der Waals surface area contributed by atoms with Gasteiger partial charge in [-0.05, 0) is 46.8 Å². The number of carbonyl (C=O) groups is 1. The van der Waals surface area contributed by atoms with Crippen molar-refractivity contribution in [1.29, 1.82) is 0 Å². The molecule has 1 fully saturated rings. The van der Waals surface area contributed by atoms with Crippen LogP contribution in [0.25, 0.3) is 21.6 Å². The number of hydrogen-bond donors (Lipinski definition) is 1. The van der Waals surface area contributed by atoms with E-state index < -0.39 is 0 Å². The van der Waals surface area contributed by atoms with Gasteiger partial charge in [0.25, 0.3) is 5.91 Å². The highest BCUT2D eigenvalue weighted by molar-refractivity contribution is 7.14. The Hall–Kier alpha value is -2.21. The van der Waals surface area contributed by atoms with Crippen LogP contribution in [0.4, 0.5) is 0 Å². The predicted octanol–water partition coefficient (Wildman–Crippen LogP) is 5.47. The number of hydrogen-bond acceptors (Lipinski definition) is 4. The third-order valence-electron chi connectivity index (χ3n) is 5.34. The number of halogens is 1. The van der Waals surface area contributed by atoms with E-state index in [9.17, 15) is 4.79 Å². The number of benzene rings is 1. The van der Waals surface area contributed by atoms with Gasteiger partial charge in [0.05, 0.1) is 0 Å². The van der Waals surface area contributed by atoms with E-state index in [-0.39, 0.29) is 11.3 Å². The first-order valence-electron chi connectivity index (χ1n) is 10.2. The summed E-state index contributed by atoms with van der Waals surface area (Å²) in [6, 6.07) is 12.0. The van der Waals surface area contributed by atoms with Crippen LogP contribution in [0.3, 0.4) is 0 Å². The van der Waals surface area contributed by atoms with E-state index in [0.717, 1.165) is 48.6 Å². The lowest BCUT2D eigenvalue weighted by atomic mass is 9.90. The average Bonchev–Trinajstić information content (AvgIpc) is 3.23. The first-order chi connectivity index (χ1) is 14.3. The molecule has 1 aliphatic heterocycles. The number of piperazine rings is 1. The second kappa shape index (κ2) is 8.50. The zero-order valence-electron chi connectivity index (χ0n) is 17.5. The number of carbonyl (C=O) groups excluding carboxylic acids is 1. The van der Waals surface area contributed by atoms with Crippen LogP contribution in [0.2, 0.25) is 5.02 Å². The van der Waals surface area contributed by atoms with E-state index in [4.69, 9.17) is 11.6 Å². The standard InChI is InChI=1S/C24H26ClN3OS/c1-24(2,3)22-14-16(6-7-27-22)21-13-18(15-30-21)19-5-4-17(12-20(19)25)23(29)28-10-8-26-9-11-28/h4-7,12-15,26H,8-11H2,1-3H3. The van der Waals surface area contributed by atoms with Crippen LogP contribution in [0.15, 0.2) is 48.0 Å². The summed E-state index contributed by atoms with van der Waals surface area (Å²) < 4.78 is 0. The van der Waals surface area contributed by atoms with Crippen molar-refractivity contribution in [2.45, 2.75) is 26.2 Å². The number of thiophene rings is 1. The van der Waals surface area contributed by atoms with Crippen molar-refractivity contribution < 1.29 is 4.79 Å². The molecule has 3 heterocycles. The zero-order valence-corrected chi connectivity index (χ0v) is 19.1. The molecule has 0 spiro atoms. The molecule has 1 N–H and O–H groups in total. The highest BCUT2D eigenvalue weighted by atomic mass is 35.5. The van der Waals surface area contributed by atoms with Gasteiger partial charge in [-0.25, -0.2) is 0 Å². The van der Waals surface area contributed by atoms with Crippen molar-refractivity contribution in [2.75, 3.05) is 26.2 Å². The molecule has 1 aromatic carbocycles. The lowest BCUT2D eigenvalue weighted by molar-refractivity contribution is 0.0736. The topological polar surface area (TPSA) is 45.2 Å². The summed E-state index contributed by atoms with van der Waals surface area (Å²) in [5.41, 5.74) is 4.89. The number of amides is 1. The molecule has 1 saturated heterocycles. The number of pyridine rings is 1. The molecule has 0 unspecified atom stereocenters. The second-order valence-electron chi connectivity index (χ2n) is 8.62. The molecule has 30 heavy (non-hydrogen) atoms. The number of nitrogens with one attached hydrogen (secondary N) is 1. The van der Waals surface area contributed by atoms with Crippen LogP contribution < -0.4 is 5.32 Å². The summed E-state index contributed by atoms with van der Waals surface area (Å²) in [5.74, 6) is 0.0439. The normalized spacial score (nSPS) is 14.7. The van der Waals surface area contributed by atoms with Gasteiger partial charge in [-0.15, -0.1) is 11.3 Å². The summed E-state index contributed by atoms with van der Waals surface area (Å²) in [4.78, 5) is 20.3. The molecule has 0 aliphatic carbocycles. The van der Waals surface area contributed by atoms with Crippen molar-refractivity contribution in [1.82, 2.24) is 15.2 Å². The fourth-order valence-electron chi connectivity index (χ4n) is 3.56. The van der Waals surface area contributed by atoms with Crippen LogP contribution in [0.1, 0.15) is 36.8 Å². The van der Waals surface area contributed by atoms with Gasteiger partial charge in [-0.1, -0.05) is 38.4 Å². The van der Waals surface area contributed by atoms with Crippen molar-refractivity contribution in [2.24, 2.45) is 0 Å². The maximum atomic E-state index is 12.7. The lowest BCUT2D eigenvalue weighted by Crippen LogP contribution is -2.46. The maximum absolute atomic E-state index is 12.7. The fourth-order valence-corrected chi connectivity index (χ4v) is 4.75. The van der Waals surface area contributed by atoms with Gasteiger partial charge in [0, 0.05) is 64.5 Å². The van der Waals surface area contributed by atoms with Crippen molar-refractivity contribution in [3.8, 4) is 21.6 Å². The van der Waals surface area contributed by atoms with Crippen molar-refractivity contribution >= 4 is 28.8 Å². The summed E-state index contributed by atoms with van der Waals surface area (Å²) in [6.07, 6.45) is 1.87. The van der Waals surface area contributed by atoms with E-state index in [2.05, 4.69) is 48.6 Å². The van der Waals surface area contributed by atoms with Gasteiger partial charge in [-0.2, -0.15) is 0 Å². The smallest absolute Gasteiger partial charge is 0.253 e. The Balaban J connectivity index is 1.58. The monoisotopic (exact) mass is 439 g/mol. The largest absolute Gasteiger partial charge is 0.336 e. The molecule has 0 bridgehead atoms. The van der Waals surface area contributed by atoms with E-state index in [1.807, 2.05) is 29.3 Å². The third-order valence-corrected chi connectivity index (χ3v) is 6.64. The molecular formula is C24H26ClN3OS. The van der Waals surface area contributed by atoms with Crippen LogP contribution in [0.5, 0.6) is 0 Å². The first kappa shape index (κ1) is 21.0. The summed E-state index contributed by atoms with van der Waals surface area (Å²) in [7, 11) is 0. The number of aromatic nitrogens is 1. The Bertz CT molecular complexity index is 1060. The Morgan fingerprint density at radius 1 is 1.10 bits per heavy atom. The van der Waals surface area contributed by atoms with Gasteiger partial charge in [-0.3, -0.25) is 9.78 Å². The minimum absolute atomic E-state index is 0.00615. The highest BCUT2D eigenvalue weighted by Gasteiger charge is 2.20. The van der Waals surface area contributed by atoms with E-state index >= 15 is 0 Å². The van der Waals surface area contributed by atoms with E-state index in [1.165, 1.54) is 4.88 Å².